The van der Waals surface area contributed by atoms with Crippen molar-refractivity contribution >= 4 is 9.84 Å². The lowest BCUT2D eigenvalue weighted by Gasteiger charge is -2.05. The summed E-state index contributed by atoms with van der Waals surface area (Å²) in [5.74, 6) is 0.841. The standard InChI is InChI=1S/C12H21N3O2S/c1-2-3-4-5-12-9-15(14-13-12)8-11-6-7-18(16,17)10-11/h9,11H,2-8,10H2,1H3. The van der Waals surface area contributed by atoms with E-state index < -0.39 is 9.84 Å². The molecule has 1 aliphatic rings. The number of nitrogens with zero attached hydrogens (tertiary/aromatic N) is 3. The lowest BCUT2D eigenvalue weighted by molar-refractivity contribution is 0.448. The van der Waals surface area contributed by atoms with Crippen molar-refractivity contribution in [3.8, 4) is 0 Å². The maximum atomic E-state index is 11.4. The number of aromatic nitrogens is 3. The number of aryl methyl sites for hydroxylation is 1. The Morgan fingerprint density at radius 3 is 2.94 bits per heavy atom. The van der Waals surface area contributed by atoms with Gasteiger partial charge in [0.05, 0.1) is 17.2 Å². The monoisotopic (exact) mass is 271 g/mol. The van der Waals surface area contributed by atoms with Crippen LogP contribution in [0.2, 0.25) is 0 Å². The van der Waals surface area contributed by atoms with E-state index in [1.54, 1.807) is 4.68 Å². The van der Waals surface area contributed by atoms with Crippen molar-refractivity contribution in [2.75, 3.05) is 11.5 Å². The van der Waals surface area contributed by atoms with Crippen LogP contribution in [-0.4, -0.2) is 34.9 Å². The molecular weight excluding hydrogens is 250 g/mol. The fraction of sp³-hybridized carbons (Fsp3) is 0.833. The molecule has 2 rings (SSSR count). The summed E-state index contributed by atoms with van der Waals surface area (Å²) in [5, 5.41) is 8.21. The van der Waals surface area contributed by atoms with E-state index in [0.717, 1.165) is 25.0 Å². The van der Waals surface area contributed by atoms with Crippen molar-refractivity contribution in [1.29, 1.82) is 0 Å². The van der Waals surface area contributed by atoms with Crippen molar-refractivity contribution in [1.82, 2.24) is 15.0 Å². The fourth-order valence-electron chi connectivity index (χ4n) is 2.38. The summed E-state index contributed by atoms with van der Waals surface area (Å²) in [7, 11) is -2.79. The van der Waals surface area contributed by atoms with E-state index in [9.17, 15) is 8.42 Å². The second-order valence-corrected chi connectivity index (χ2v) is 7.39. The summed E-state index contributed by atoms with van der Waals surface area (Å²) in [5.41, 5.74) is 1.02. The normalized spacial score (nSPS) is 22.4. The molecule has 0 amide bonds. The van der Waals surface area contributed by atoms with Crippen molar-refractivity contribution in [3.05, 3.63) is 11.9 Å². The maximum absolute atomic E-state index is 11.4. The van der Waals surface area contributed by atoms with Gasteiger partial charge in [-0.2, -0.15) is 0 Å². The highest BCUT2D eigenvalue weighted by Gasteiger charge is 2.28. The molecule has 1 fully saturated rings. The van der Waals surface area contributed by atoms with Crippen LogP contribution in [0.5, 0.6) is 0 Å². The van der Waals surface area contributed by atoms with Crippen LogP contribution in [0, 0.1) is 5.92 Å². The van der Waals surface area contributed by atoms with Gasteiger partial charge in [-0.15, -0.1) is 5.10 Å². The van der Waals surface area contributed by atoms with E-state index >= 15 is 0 Å². The number of sulfone groups is 1. The van der Waals surface area contributed by atoms with Crippen LogP contribution in [0.3, 0.4) is 0 Å². The topological polar surface area (TPSA) is 64.8 Å². The molecule has 0 N–H and O–H groups in total. The largest absolute Gasteiger partial charge is 0.252 e. The first-order valence-corrected chi connectivity index (χ1v) is 8.50. The van der Waals surface area contributed by atoms with Gasteiger partial charge in [-0.05, 0) is 25.2 Å². The Morgan fingerprint density at radius 2 is 2.28 bits per heavy atom. The highest BCUT2D eigenvalue weighted by atomic mass is 32.2. The van der Waals surface area contributed by atoms with Gasteiger partial charge < -0.3 is 0 Å². The summed E-state index contributed by atoms with van der Waals surface area (Å²) < 4.78 is 24.5. The minimum atomic E-state index is -2.79. The van der Waals surface area contributed by atoms with E-state index in [1.807, 2.05) is 6.20 Å². The molecule has 1 aliphatic heterocycles. The molecule has 1 aromatic rings. The average molecular weight is 271 g/mol. The van der Waals surface area contributed by atoms with Crippen molar-refractivity contribution in [3.63, 3.8) is 0 Å². The highest BCUT2D eigenvalue weighted by molar-refractivity contribution is 7.91. The Kier molecular flexibility index (Phi) is 4.37. The molecule has 0 radical (unpaired) electrons. The summed E-state index contributed by atoms with van der Waals surface area (Å²) in [4.78, 5) is 0. The number of hydrogen-bond acceptors (Lipinski definition) is 4. The van der Waals surface area contributed by atoms with Gasteiger partial charge >= 0.3 is 0 Å². The quantitative estimate of drug-likeness (QED) is 0.734. The number of unbranched alkanes of at least 4 members (excludes halogenated alkanes) is 2. The molecule has 0 aromatic carbocycles. The van der Waals surface area contributed by atoms with E-state index in [-0.39, 0.29) is 5.92 Å². The Morgan fingerprint density at radius 1 is 1.44 bits per heavy atom. The molecule has 18 heavy (non-hydrogen) atoms. The first kappa shape index (κ1) is 13.5. The Hall–Kier alpha value is -0.910. The summed E-state index contributed by atoms with van der Waals surface area (Å²) in [6, 6.07) is 0. The van der Waals surface area contributed by atoms with Gasteiger partial charge in [0.25, 0.3) is 0 Å². The molecule has 1 aromatic heterocycles. The van der Waals surface area contributed by atoms with Gasteiger partial charge in [-0.3, -0.25) is 4.68 Å². The number of rotatable bonds is 6. The first-order valence-electron chi connectivity index (χ1n) is 6.68. The third-order valence-corrected chi connectivity index (χ3v) is 5.23. The van der Waals surface area contributed by atoms with Crippen molar-refractivity contribution in [2.24, 2.45) is 5.92 Å². The van der Waals surface area contributed by atoms with Crippen LogP contribution >= 0.6 is 0 Å². The predicted octanol–water partition coefficient (Wildman–Crippen LogP) is 1.45. The van der Waals surface area contributed by atoms with Gasteiger partial charge in [-0.25, -0.2) is 8.42 Å². The average Bonchev–Trinajstić information content (AvgIpc) is 2.87. The van der Waals surface area contributed by atoms with Gasteiger partial charge in [0.2, 0.25) is 0 Å². The number of hydrogen-bond donors (Lipinski definition) is 0. The highest BCUT2D eigenvalue weighted by Crippen LogP contribution is 2.19. The Balaban J connectivity index is 1.83. The fourth-order valence-corrected chi connectivity index (χ4v) is 4.23. The van der Waals surface area contributed by atoms with E-state index in [1.165, 1.54) is 12.8 Å². The smallest absolute Gasteiger partial charge is 0.150 e. The summed E-state index contributed by atoms with van der Waals surface area (Å²) >= 11 is 0. The molecule has 1 atom stereocenters. The first-order chi connectivity index (χ1) is 8.59. The molecule has 0 saturated carbocycles. The van der Waals surface area contributed by atoms with Crippen LogP contribution in [0.1, 0.15) is 38.3 Å². The summed E-state index contributed by atoms with van der Waals surface area (Å²) in [6.45, 7) is 2.86. The predicted molar refractivity (Wildman–Crippen MR) is 70.0 cm³/mol. The van der Waals surface area contributed by atoms with Crippen molar-refractivity contribution in [2.45, 2.75) is 45.6 Å². The lowest BCUT2D eigenvalue weighted by atomic mass is 10.1. The van der Waals surface area contributed by atoms with Crippen LogP contribution < -0.4 is 0 Å². The zero-order valence-corrected chi connectivity index (χ0v) is 11.7. The van der Waals surface area contributed by atoms with E-state index in [0.29, 0.717) is 18.1 Å². The maximum Gasteiger partial charge on any atom is 0.150 e. The molecule has 5 nitrogen and oxygen atoms in total. The van der Waals surface area contributed by atoms with Crippen LogP contribution in [-0.2, 0) is 22.8 Å². The van der Waals surface area contributed by atoms with Crippen LogP contribution in [0.15, 0.2) is 6.20 Å². The van der Waals surface area contributed by atoms with Gasteiger partial charge in [-0.1, -0.05) is 25.0 Å². The molecule has 102 valence electrons. The molecule has 1 unspecified atom stereocenters. The molecule has 1 saturated heterocycles. The Labute approximate surface area is 108 Å². The second-order valence-electron chi connectivity index (χ2n) is 5.16. The molecule has 2 heterocycles. The Bertz CT molecular complexity index is 481. The third kappa shape index (κ3) is 3.80. The van der Waals surface area contributed by atoms with Gasteiger partial charge in [0, 0.05) is 12.7 Å². The van der Waals surface area contributed by atoms with E-state index in [4.69, 9.17) is 0 Å². The molecule has 0 spiro atoms. The minimum Gasteiger partial charge on any atom is -0.252 e. The molecular formula is C12H21N3O2S. The second kappa shape index (κ2) is 5.82. The summed E-state index contributed by atoms with van der Waals surface area (Å²) in [6.07, 6.45) is 7.25. The van der Waals surface area contributed by atoms with E-state index in [2.05, 4.69) is 17.2 Å². The minimum absolute atomic E-state index is 0.209. The SMILES string of the molecule is CCCCCc1cn(CC2CCS(=O)(=O)C2)nn1. The lowest BCUT2D eigenvalue weighted by Crippen LogP contribution is -2.12. The zero-order chi connectivity index (χ0) is 13.0. The molecule has 0 bridgehead atoms. The van der Waals surface area contributed by atoms with Crippen LogP contribution in [0.25, 0.3) is 0 Å². The third-order valence-electron chi connectivity index (χ3n) is 3.39. The molecule has 6 heteroatoms. The van der Waals surface area contributed by atoms with Crippen LogP contribution in [0.4, 0.5) is 0 Å². The van der Waals surface area contributed by atoms with Crippen molar-refractivity contribution < 1.29 is 8.42 Å². The van der Waals surface area contributed by atoms with Gasteiger partial charge in [0.1, 0.15) is 0 Å². The van der Waals surface area contributed by atoms with Gasteiger partial charge in [0.15, 0.2) is 9.84 Å². The molecule has 0 aliphatic carbocycles. The zero-order valence-electron chi connectivity index (χ0n) is 10.9.